The first kappa shape index (κ1) is 19.7. The van der Waals surface area contributed by atoms with Crippen molar-refractivity contribution in [2.75, 3.05) is 7.05 Å². The van der Waals surface area contributed by atoms with Crippen LogP contribution in [0.3, 0.4) is 0 Å². The van der Waals surface area contributed by atoms with Gasteiger partial charge in [-0.3, -0.25) is 24.3 Å². The van der Waals surface area contributed by atoms with Crippen molar-refractivity contribution >= 4 is 27.5 Å². The van der Waals surface area contributed by atoms with Gasteiger partial charge in [-0.2, -0.15) is 15.3 Å². The molecule has 3 aromatic heterocycles. The lowest BCUT2D eigenvalue weighted by molar-refractivity contribution is -0.386. The molecule has 0 atom stereocenters. The van der Waals surface area contributed by atoms with Crippen LogP contribution < -0.4 is 0 Å². The van der Waals surface area contributed by atoms with Gasteiger partial charge in [0.15, 0.2) is 0 Å². The third-order valence-corrected chi connectivity index (χ3v) is 5.07. The van der Waals surface area contributed by atoms with Crippen LogP contribution in [0.2, 0.25) is 0 Å². The summed E-state index contributed by atoms with van der Waals surface area (Å²) < 4.78 is 5.53. The Morgan fingerprint density at radius 3 is 2.64 bits per heavy atom. The van der Waals surface area contributed by atoms with Crippen LogP contribution >= 0.6 is 15.9 Å². The molecule has 0 bridgehead atoms. The van der Waals surface area contributed by atoms with E-state index in [0.29, 0.717) is 17.9 Å². The fourth-order valence-electron chi connectivity index (χ4n) is 2.89. The topological polar surface area (TPSA) is 117 Å². The third kappa shape index (κ3) is 3.67. The fourth-order valence-corrected chi connectivity index (χ4v) is 3.36. The summed E-state index contributed by atoms with van der Waals surface area (Å²) in [5.74, 6) is -0.244. The van der Waals surface area contributed by atoms with Crippen LogP contribution in [0.1, 0.15) is 27.6 Å². The number of hydrogen-bond donors (Lipinski definition) is 0. The quantitative estimate of drug-likeness (QED) is 0.417. The summed E-state index contributed by atoms with van der Waals surface area (Å²) in [5.41, 5.74) is 1.91. The molecule has 0 saturated carbocycles. The van der Waals surface area contributed by atoms with Crippen LogP contribution in [-0.4, -0.2) is 52.1 Å². The molecule has 0 unspecified atom stereocenters. The lowest BCUT2D eigenvalue weighted by Crippen LogP contribution is -2.28. The Morgan fingerprint density at radius 1 is 1.36 bits per heavy atom. The van der Waals surface area contributed by atoms with E-state index in [2.05, 4.69) is 31.2 Å². The van der Waals surface area contributed by atoms with Crippen LogP contribution in [-0.2, 0) is 20.3 Å². The average molecular weight is 451 g/mol. The third-order valence-electron chi connectivity index (χ3n) is 4.41. The highest BCUT2D eigenvalue weighted by Gasteiger charge is 2.22. The first-order valence-corrected chi connectivity index (χ1v) is 9.12. The van der Waals surface area contributed by atoms with Crippen molar-refractivity contribution in [2.24, 2.45) is 7.05 Å². The maximum Gasteiger partial charge on any atom is 0.312 e. The molecule has 0 aliphatic heterocycles. The second-order valence-corrected chi connectivity index (χ2v) is 7.24. The fraction of sp³-hybridized carbons (Fsp3) is 0.375. The lowest BCUT2D eigenvalue weighted by Gasteiger charge is -2.16. The van der Waals surface area contributed by atoms with Gasteiger partial charge in [0.25, 0.3) is 5.91 Å². The first-order chi connectivity index (χ1) is 13.2. The van der Waals surface area contributed by atoms with E-state index < -0.39 is 4.92 Å². The summed E-state index contributed by atoms with van der Waals surface area (Å²) in [4.78, 5) is 24.9. The van der Waals surface area contributed by atoms with Gasteiger partial charge >= 0.3 is 5.69 Å². The molecule has 0 aromatic carbocycles. The van der Waals surface area contributed by atoms with E-state index in [1.54, 1.807) is 56.0 Å². The van der Waals surface area contributed by atoms with Gasteiger partial charge in [-0.15, -0.1) is 0 Å². The Kier molecular flexibility index (Phi) is 5.31. The van der Waals surface area contributed by atoms with Crippen molar-refractivity contribution in [3.05, 3.63) is 55.8 Å². The Labute approximate surface area is 168 Å². The van der Waals surface area contributed by atoms with Crippen LogP contribution in [0.15, 0.2) is 22.9 Å². The molecule has 0 radical (unpaired) electrons. The summed E-state index contributed by atoms with van der Waals surface area (Å²) in [5, 5.41) is 23.7. The molecule has 0 aliphatic rings. The number of carbonyl (C=O) groups is 1. The van der Waals surface area contributed by atoms with Crippen LogP contribution in [0.25, 0.3) is 0 Å². The van der Waals surface area contributed by atoms with Gasteiger partial charge in [0.2, 0.25) is 0 Å². The molecule has 1 amide bonds. The average Bonchev–Trinajstić information content (AvgIpc) is 3.29. The molecule has 0 spiro atoms. The zero-order chi connectivity index (χ0) is 20.6. The number of nitro groups is 1. The largest absolute Gasteiger partial charge is 0.334 e. The van der Waals surface area contributed by atoms with Gasteiger partial charge in [-0.05, 0) is 35.8 Å². The summed E-state index contributed by atoms with van der Waals surface area (Å²) in [6.45, 7) is 3.76. The molecular weight excluding hydrogens is 432 g/mol. The van der Waals surface area contributed by atoms with Crippen molar-refractivity contribution in [3.63, 3.8) is 0 Å². The number of nitrogens with zero attached hydrogens (tertiary/aromatic N) is 8. The van der Waals surface area contributed by atoms with Gasteiger partial charge in [-0.25, -0.2) is 4.68 Å². The molecule has 11 nitrogen and oxygen atoms in total. The predicted molar refractivity (Wildman–Crippen MR) is 103 cm³/mol. The van der Waals surface area contributed by atoms with E-state index in [-0.39, 0.29) is 24.0 Å². The Morgan fingerprint density at radius 2 is 2.07 bits per heavy atom. The van der Waals surface area contributed by atoms with Crippen molar-refractivity contribution in [1.82, 2.24) is 34.2 Å². The summed E-state index contributed by atoms with van der Waals surface area (Å²) in [6.07, 6.45) is 3.32. The van der Waals surface area contributed by atoms with Crippen molar-refractivity contribution in [2.45, 2.75) is 27.1 Å². The molecule has 0 saturated heterocycles. The second-order valence-electron chi connectivity index (χ2n) is 6.38. The Balaban J connectivity index is 1.74. The molecule has 0 fully saturated rings. The molecule has 28 heavy (non-hydrogen) atoms. The maximum atomic E-state index is 12.7. The van der Waals surface area contributed by atoms with Gasteiger partial charge in [-0.1, -0.05) is 0 Å². The van der Waals surface area contributed by atoms with Crippen molar-refractivity contribution in [3.8, 4) is 0 Å². The smallest absolute Gasteiger partial charge is 0.312 e. The number of rotatable bonds is 6. The van der Waals surface area contributed by atoms with Gasteiger partial charge in [0.1, 0.15) is 23.8 Å². The minimum absolute atomic E-state index is 0.00931. The minimum Gasteiger partial charge on any atom is -0.334 e. The van der Waals surface area contributed by atoms with Crippen LogP contribution in [0, 0.1) is 24.0 Å². The number of aromatic nitrogens is 6. The number of halogens is 1. The molecule has 12 heteroatoms. The van der Waals surface area contributed by atoms with E-state index in [9.17, 15) is 14.9 Å². The Bertz CT molecular complexity index is 1030. The van der Waals surface area contributed by atoms with Crippen molar-refractivity contribution in [1.29, 1.82) is 0 Å². The van der Waals surface area contributed by atoms with Gasteiger partial charge in [0, 0.05) is 20.3 Å². The normalized spacial score (nSPS) is 11.0. The standard InChI is InChI=1S/C16H19BrN8O3/c1-10-15(25(27)28)11(2)24(19-10)9-23-6-5-13(20-23)16(26)21(3)8-14-12(17)7-18-22(14)4/h5-7H,8-9H2,1-4H3. The minimum atomic E-state index is -0.447. The van der Waals surface area contributed by atoms with E-state index in [1.165, 1.54) is 9.36 Å². The van der Waals surface area contributed by atoms with Crippen molar-refractivity contribution < 1.29 is 9.72 Å². The molecule has 0 N–H and O–H groups in total. The Hall–Kier alpha value is -3.02. The summed E-state index contributed by atoms with van der Waals surface area (Å²) in [6, 6.07) is 1.61. The molecular formula is C16H19BrN8O3. The highest BCUT2D eigenvalue weighted by atomic mass is 79.9. The number of hydrogen-bond acceptors (Lipinski definition) is 6. The lowest BCUT2D eigenvalue weighted by atomic mass is 10.3. The van der Waals surface area contributed by atoms with Crippen LogP contribution in [0.5, 0.6) is 0 Å². The van der Waals surface area contributed by atoms with Gasteiger partial charge in [0.05, 0.1) is 27.8 Å². The first-order valence-electron chi connectivity index (χ1n) is 8.32. The molecule has 0 aliphatic carbocycles. The molecule has 148 valence electrons. The second kappa shape index (κ2) is 7.54. The summed E-state index contributed by atoms with van der Waals surface area (Å²) in [7, 11) is 3.49. The maximum absolute atomic E-state index is 12.7. The summed E-state index contributed by atoms with van der Waals surface area (Å²) >= 11 is 3.42. The van der Waals surface area contributed by atoms with Crippen LogP contribution in [0.4, 0.5) is 5.69 Å². The predicted octanol–water partition coefficient (Wildman–Crippen LogP) is 1.88. The number of amides is 1. The molecule has 3 aromatic rings. The monoisotopic (exact) mass is 450 g/mol. The van der Waals surface area contributed by atoms with E-state index in [1.807, 2.05) is 0 Å². The number of carbonyl (C=O) groups excluding carboxylic acids is 1. The van der Waals surface area contributed by atoms with E-state index in [4.69, 9.17) is 0 Å². The van der Waals surface area contributed by atoms with E-state index >= 15 is 0 Å². The number of aryl methyl sites for hydroxylation is 2. The zero-order valence-electron chi connectivity index (χ0n) is 15.8. The van der Waals surface area contributed by atoms with E-state index in [0.717, 1.165) is 10.2 Å². The SMILES string of the molecule is Cc1nn(Cn2ccc(C(=O)N(C)Cc3c(Br)cnn3C)n2)c(C)c1[N+](=O)[O-]. The highest BCUT2D eigenvalue weighted by Crippen LogP contribution is 2.22. The van der Waals surface area contributed by atoms with Gasteiger partial charge < -0.3 is 4.90 Å². The molecule has 3 rings (SSSR count). The molecule has 3 heterocycles. The zero-order valence-corrected chi connectivity index (χ0v) is 17.4. The highest BCUT2D eigenvalue weighted by molar-refractivity contribution is 9.10.